The minimum absolute atomic E-state index is 0.307. The van der Waals surface area contributed by atoms with Gasteiger partial charge >= 0.3 is 0 Å². The van der Waals surface area contributed by atoms with Gasteiger partial charge in [-0.15, -0.1) is 0 Å². The van der Waals surface area contributed by atoms with Gasteiger partial charge in [0.15, 0.2) is 0 Å². The second-order valence-electron chi connectivity index (χ2n) is 10.1. The molecular formula is C26H36N6. The molecule has 3 atom stereocenters. The molecule has 0 amide bonds. The van der Waals surface area contributed by atoms with Gasteiger partial charge in [0.05, 0.1) is 23.5 Å². The molecule has 3 unspecified atom stereocenters. The molecule has 6 rings (SSSR count). The van der Waals surface area contributed by atoms with Crippen molar-refractivity contribution in [1.29, 1.82) is 0 Å². The third-order valence-corrected chi connectivity index (χ3v) is 8.15. The lowest BCUT2D eigenvalue weighted by atomic mass is 9.92. The zero-order chi connectivity index (χ0) is 21.7. The van der Waals surface area contributed by atoms with Crippen LogP contribution in [0.15, 0.2) is 24.4 Å². The molecule has 0 radical (unpaired) electrons. The van der Waals surface area contributed by atoms with Crippen molar-refractivity contribution in [2.45, 2.75) is 76.9 Å². The third kappa shape index (κ3) is 3.48. The Labute approximate surface area is 191 Å². The number of pyridine rings is 1. The summed E-state index contributed by atoms with van der Waals surface area (Å²) in [6.07, 6.45) is 12.8. The van der Waals surface area contributed by atoms with Crippen LogP contribution in [0.4, 0.5) is 0 Å². The monoisotopic (exact) mass is 432 g/mol. The van der Waals surface area contributed by atoms with E-state index in [9.17, 15) is 0 Å². The van der Waals surface area contributed by atoms with E-state index in [1.807, 2.05) is 12.3 Å². The number of aryl methyl sites for hydroxylation is 2. The Kier molecular flexibility index (Phi) is 5.30. The van der Waals surface area contributed by atoms with Crippen molar-refractivity contribution >= 4 is 5.82 Å². The van der Waals surface area contributed by atoms with Gasteiger partial charge in [0.1, 0.15) is 11.6 Å². The van der Waals surface area contributed by atoms with E-state index in [-0.39, 0.29) is 0 Å². The molecular weight excluding hydrogens is 396 g/mol. The van der Waals surface area contributed by atoms with Gasteiger partial charge < -0.3 is 10.2 Å². The Bertz CT molecular complexity index is 1020. The van der Waals surface area contributed by atoms with Gasteiger partial charge in [0.2, 0.25) is 0 Å². The van der Waals surface area contributed by atoms with Gasteiger partial charge in [-0.3, -0.25) is 14.5 Å². The number of nitrogens with one attached hydrogen (secondary N) is 1. The van der Waals surface area contributed by atoms with Crippen LogP contribution in [0.5, 0.6) is 0 Å². The molecule has 32 heavy (non-hydrogen) atoms. The maximum atomic E-state index is 5.24. The number of piperidine rings is 1. The van der Waals surface area contributed by atoms with E-state index in [2.05, 4.69) is 45.7 Å². The quantitative estimate of drug-likeness (QED) is 0.795. The van der Waals surface area contributed by atoms with E-state index in [0.29, 0.717) is 12.1 Å². The first-order chi connectivity index (χ1) is 15.7. The van der Waals surface area contributed by atoms with Gasteiger partial charge in [0.25, 0.3) is 0 Å². The van der Waals surface area contributed by atoms with Gasteiger partial charge in [-0.25, -0.2) is 4.98 Å². The molecule has 4 aliphatic rings. The molecule has 6 heteroatoms. The average molecular weight is 433 g/mol. The predicted molar refractivity (Wildman–Crippen MR) is 127 cm³/mol. The van der Waals surface area contributed by atoms with Gasteiger partial charge in [-0.2, -0.15) is 0 Å². The minimum Gasteiger partial charge on any atom is -0.355 e. The fourth-order valence-electron chi connectivity index (χ4n) is 6.50. The van der Waals surface area contributed by atoms with E-state index in [4.69, 9.17) is 9.97 Å². The molecule has 2 aromatic heterocycles. The van der Waals surface area contributed by atoms with Crippen LogP contribution >= 0.6 is 0 Å². The van der Waals surface area contributed by atoms with E-state index in [1.54, 1.807) is 0 Å². The molecule has 0 spiro atoms. The number of piperazine rings is 1. The Morgan fingerprint density at radius 2 is 1.88 bits per heavy atom. The molecule has 0 saturated carbocycles. The van der Waals surface area contributed by atoms with Crippen LogP contribution in [0.25, 0.3) is 5.82 Å². The average Bonchev–Trinajstić information content (AvgIpc) is 3.43. The van der Waals surface area contributed by atoms with Crippen molar-refractivity contribution in [3.63, 3.8) is 0 Å². The predicted octanol–water partition coefficient (Wildman–Crippen LogP) is 3.98. The van der Waals surface area contributed by atoms with E-state index >= 15 is 0 Å². The number of imidazole rings is 1. The molecule has 1 N–H and O–H groups in total. The number of aromatic nitrogens is 3. The van der Waals surface area contributed by atoms with E-state index < -0.39 is 0 Å². The fraction of sp³-hybridized carbons (Fsp3) is 0.615. The molecule has 170 valence electrons. The Morgan fingerprint density at radius 1 is 1.00 bits per heavy atom. The van der Waals surface area contributed by atoms with Gasteiger partial charge in [-0.05, 0) is 76.6 Å². The van der Waals surface area contributed by atoms with Crippen molar-refractivity contribution < 1.29 is 0 Å². The first-order valence-electron chi connectivity index (χ1n) is 12.6. The summed E-state index contributed by atoms with van der Waals surface area (Å²) in [6, 6.07) is 5.57. The zero-order valence-corrected chi connectivity index (χ0v) is 19.6. The van der Waals surface area contributed by atoms with Crippen LogP contribution in [-0.2, 0) is 6.42 Å². The van der Waals surface area contributed by atoms with Crippen molar-refractivity contribution in [1.82, 2.24) is 29.7 Å². The van der Waals surface area contributed by atoms with Crippen LogP contribution in [0.3, 0.4) is 0 Å². The molecule has 0 aliphatic carbocycles. The van der Waals surface area contributed by atoms with Crippen LogP contribution in [0.2, 0.25) is 0 Å². The molecule has 2 aromatic rings. The highest BCUT2D eigenvalue weighted by atomic mass is 15.4. The standard InChI is InChI=1S/C26H36N6/c1-18-7-5-13-27-25(18)21-9-3-10-22(28-21)26-19(2)32-23(29-26)11-4-12-24(32)31-16-15-30-14-6-8-20(30)17-31/h5,7,12-13,20-22,28H,3-4,6,8-11,14-17H2,1-2H3. The maximum Gasteiger partial charge on any atom is 0.115 e. The molecule has 4 aliphatic heterocycles. The summed E-state index contributed by atoms with van der Waals surface area (Å²) in [6.45, 7) is 9.26. The van der Waals surface area contributed by atoms with Crippen molar-refractivity contribution in [3.8, 4) is 0 Å². The highest BCUT2D eigenvalue weighted by Crippen LogP contribution is 2.36. The SMILES string of the molecule is Cc1cccnc1C1CCCC(c2nc3n(c2C)C(N2CCN4CCCC4C2)=CCC3)N1. The highest BCUT2D eigenvalue weighted by molar-refractivity contribution is 5.50. The Morgan fingerprint density at radius 3 is 2.75 bits per heavy atom. The maximum absolute atomic E-state index is 5.24. The van der Waals surface area contributed by atoms with Crippen molar-refractivity contribution in [2.24, 2.45) is 0 Å². The molecule has 6 nitrogen and oxygen atoms in total. The largest absolute Gasteiger partial charge is 0.355 e. The van der Waals surface area contributed by atoms with Gasteiger partial charge in [-0.1, -0.05) is 6.07 Å². The summed E-state index contributed by atoms with van der Waals surface area (Å²) < 4.78 is 2.49. The molecule has 6 heterocycles. The fourth-order valence-corrected chi connectivity index (χ4v) is 6.50. The Balaban J connectivity index is 1.27. The summed E-state index contributed by atoms with van der Waals surface area (Å²) in [5, 5.41) is 3.92. The number of nitrogens with zero attached hydrogens (tertiary/aromatic N) is 5. The normalized spacial score (nSPS) is 28.4. The Hall–Kier alpha value is -2.18. The lowest BCUT2D eigenvalue weighted by Gasteiger charge is -2.41. The second kappa shape index (κ2) is 8.31. The molecule has 3 saturated heterocycles. The topological polar surface area (TPSA) is 49.2 Å². The first-order valence-corrected chi connectivity index (χ1v) is 12.6. The third-order valence-electron chi connectivity index (χ3n) is 8.15. The summed E-state index contributed by atoms with van der Waals surface area (Å²) in [5.41, 5.74) is 5.07. The molecule has 0 bridgehead atoms. The lowest BCUT2D eigenvalue weighted by molar-refractivity contribution is 0.140. The summed E-state index contributed by atoms with van der Waals surface area (Å²) in [5.74, 6) is 2.64. The number of allylic oxidation sites excluding steroid dienone is 1. The summed E-state index contributed by atoms with van der Waals surface area (Å²) >= 11 is 0. The molecule has 0 aromatic carbocycles. The second-order valence-corrected chi connectivity index (χ2v) is 10.1. The number of rotatable bonds is 3. The number of hydrogen-bond acceptors (Lipinski definition) is 5. The molecule has 3 fully saturated rings. The highest BCUT2D eigenvalue weighted by Gasteiger charge is 2.35. The minimum atomic E-state index is 0.307. The smallest absolute Gasteiger partial charge is 0.115 e. The summed E-state index contributed by atoms with van der Waals surface area (Å²) in [7, 11) is 0. The zero-order valence-electron chi connectivity index (χ0n) is 19.6. The van der Waals surface area contributed by atoms with E-state index in [0.717, 1.165) is 38.3 Å². The summed E-state index contributed by atoms with van der Waals surface area (Å²) in [4.78, 5) is 15.3. The number of hydrogen-bond donors (Lipinski definition) is 1. The van der Waals surface area contributed by atoms with Crippen LogP contribution in [-0.4, -0.2) is 56.6 Å². The van der Waals surface area contributed by atoms with E-state index in [1.165, 1.54) is 73.2 Å². The lowest BCUT2D eigenvalue weighted by Crippen LogP contribution is -2.50. The number of fused-ring (bicyclic) bond motifs is 2. The van der Waals surface area contributed by atoms with Crippen LogP contribution in [0, 0.1) is 13.8 Å². The van der Waals surface area contributed by atoms with Crippen molar-refractivity contribution in [3.05, 3.63) is 52.9 Å². The van der Waals surface area contributed by atoms with Gasteiger partial charge in [0, 0.05) is 44.0 Å². The van der Waals surface area contributed by atoms with Crippen LogP contribution < -0.4 is 5.32 Å². The van der Waals surface area contributed by atoms with Crippen molar-refractivity contribution in [2.75, 3.05) is 26.2 Å². The van der Waals surface area contributed by atoms with Crippen LogP contribution in [0.1, 0.15) is 79.1 Å². The first kappa shape index (κ1) is 20.4.